The number of likely N-dealkylation sites (tertiary alicyclic amines) is 1. The summed E-state index contributed by atoms with van der Waals surface area (Å²) in [5.74, 6) is 0. The smallest absolute Gasteiger partial charge is 0.0259 e. The molecule has 0 spiro atoms. The fourth-order valence-corrected chi connectivity index (χ4v) is 1.61. The summed E-state index contributed by atoms with van der Waals surface area (Å²) < 4.78 is 0. The molecule has 0 saturated carbocycles. The molecule has 1 aliphatic rings. The highest BCUT2D eigenvalue weighted by Gasteiger charge is 2.19. The van der Waals surface area contributed by atoms with E-state index in [9.17, 15) is 0 Å². The first-order chi connectivity index (χ1) is 4.75. The number of hydrogen-bond acceptors (Lipinski definition) is 1. The van der Waals surface area contributed by atoms with Crippen LogP contribution in [0.4, 0.5) is 0 Å². The van der Waals surface area contributed by atoms with Crippen LogP contribution in [-0.4, -0.2) is 17.5 Å². The van der Waals surface area contributed by atoms with Crippen LogP contribution in [0.15, 0.2) is 12.3 Å². The van der Waals surface area contributed by atoms with Crippen molar-refractivity contribution in [2.45, 2.75) is 39.2 Å². The largest absolute Gasteiger partial charge is 0.373 e. The first-order valence-electron chi connectivity index (χ1n) is 4.20. The van der Waals surface area contributed by atoms with Crippen molar-refractivity contribution in [2.75, 3.05) is 6.54 Å². The topological polar surface area (TPSA) is 3.24 Å². The summed E-state index contributed by atoms with van der Waals surface area (Å²) in [7, 11) is 0. The second kappa shape index (κ2) is 3.09. The van der Waals surface area contributed by atoms with Crippen molar-refractivity contribution in [1.29, 1.82) is 0 Å². The van der Waals surface area contributed by atoms with Gasteiger partial charge in [-0.1, -0.05) is 13.5 Å². The van der Waals surface area contributed by atoms with Gasteiger partial charge in [-0.05, 0) is 26.2 Å². The summed E-state index contributed by atoms with van der Waals surface area (Å²) in [5.41, 5.74) is 1.31. The van der Waals surface area contributed by atoms with E-state index in [1.807, 2.05) is 0 Å². The summed E-state index contributed by atoms with van der Waals surface area (Å²) >= 11 is 0. The Morgan fingerprint density at radius 3 is 2.80 bits per heavy atom. The Morgan fingerprint density at radius 1 is 1.70 bits per heavy atom. The monoisotopic (exact) mass is 139 g/mol. The van der Waals surface area contributed by atoms with Crippen LogP contribution in [0.2, 0.25) is 0 Å². The lowest BCUT2D eigenvalue weighted by Gasteiger charge is -2.24. The van der Waals surface area contributed by atoms with E-state index in [2.05, 4.69) is 25.3 Å². The summed E-state index contributed by atoms with van der Waals surface area (Å²) in [6, 6.07) is 0.743. The van der Waals surface area contributed by atoms with Crippen molar-refractivity contribution in [2.24, 2.45) is 0 Å². The average Bonchev–Trinajstić information content (AvgIpc) is 2.34. The van der Waals surface area contributed by atoms with Gasteiger partial charge in [0.25, 0.3) is 0 Å². The first kappa shape index (κ1) is 7.64. The maximum absolute atomic E-state index is 4.03. The first-order valence-corrected chi connectivity index (χ1v) is 4.20. The second-order valence-corrected chi connectivity index (χ2v) is 3.10. The van der Waals surface area contributed by atoms with Crippen molar-refractivity contribution in [3.63, 3.8) is 0 Å². The lowest BCUT2D eigenvalue weighted by atomic mass is 10.2. The van der Waals surface area contributed by atoms with Gasteiger partial charge in [0.05, 0.1) is 0 Å². The van der Waals surface area contributed by atoms with Gasteiger partial charge in [-0.3, -0.25) is 0 Å². The molecule has 0 bridgehead atoms. The molecular weight excluding hydrogens is 122 g/mol. The summed E-state index contributed by atoms with van der Waals surface area (Å²) in [5, 5.41) is 0. The quantitative estimate of drug-likeness (QED) is 0.568. The molecule has 1 saturated heterocycles. The van der Waals surface area contributed by atoms with Crippen molar-refractivity contribution >= 4 is 0 Å². The molecule has 0 unspecified atom stereocenters. The zero-order valence-electron chi connectivity index (χ0n) is 7.06. The van der Waals surface area contributed by atoms with Gasteiger partial charge in [-0.25, -0.2) is 0 Å². The van der Waals surface area contributed by atoms with Gasteiger partial charge in [-0.15, -0.1) is 0 Å². The molecule has 1 heterocycles. The maximum Gasteiger partial charge on any atom is 0.0259 e. The Morgan fingerprint density at radius 2 is 2.40 bits per heavy atom. The molecule has 1 aliphatic heterocycles. The Hall–Kier alpha value is -0.460. The number of hydrogen-bond donors (Lipinski definition) is 0. The zero-order valence-corrected chi connectivity index (χ0v) is 7.06. The standard InChI is InChI=1S/C9H17N/c1-4-8(2)10-7-5-6-9(10)3/h9H,2,4-7H2,1,3H3/t9-/m0/s1. The number of allylic oxidation sites excluding steroid dienone is 1. The molecular formula is C9H17N. The van der Waals surface area contributed by atoms with Crippen LogP contribution in [0.25, 0.3) is 0 Å². The summed E-state index contributed by atoms with van der Waals surface area (Å²) in [6.07, 6.45) is 3.80. The molecule has 0 amide bonds. The molecule has 1 fully saturated rings. The minimum Gasteiger partial charge on any atom is -0.373 e. The van der Waals surface area contributed by atoms with Crippen LogP contribution in [0, 0.1) is 0 Å². The normalized spacial score (nSPS) is 25.4. The maximum atomic E-state index is 4.03. The lowest BCUT2D eigenvalue weighted by Crippen LogP contribution is -2.25. The molecule has 0 aromatic rings. The molecule has 0 radical (unpaired) electrons. The van der Waals surface area contributed by atoms with Gasteiger partial charge in [0, 0.05) is 18.3 Å². The van der Waals surface area contributed by atoms with E-state index in [4.69, 9.17) is 0 Å². The molecule has 1 nitrogen and oxygen atoms in total. The Kier molecular flexibility index (Phi) is 2.36. The Labute approximate surface area is 63.7 Å². The fourth-order valence-electron chi connectivity index (χ4n) is 1.61. The van der Waals surface area contributed by atoms with E-state index in [-0.39, 0.29) is 0 Å². The van der Waals surface area contributed by atoms with Crippen LogP contribution in [0.1, 0.15) is 33.1 Å². The lowest BCUT2D eigenvalue weighted by molar-refractivity contribution is 0.332. The molecule has 0 aliphatic carbocycles. The number of nitrogens with zero attached hydrogens (tertiary/aromatic N) is 1. The van der Waals surface area contributed by atoms with Crippen LogP contribution in [0.3, 0.4) is 0 Å². The number of rotatable bonds is 2. The van der Waals surface area contributed by atoms with E-state index in [1.165, 1.54) is 25.1 Å². The predicted octanol–water partition coefficient (Wildman–Crippen LogP) is 2.39. The van der Waals surface area contributed by atoms with Crippen molar-refractivity contribution in [3.05, 3.63) is 12.3 Å². The van der Waals surface area contributed by atoms with E-state index >= 15 is 0 Å². The van der Waals surface area contributed by atoms with Gasteiger partial charge in [-0.2, -0.15) is 0 Å². The molecule has 10 heavy (non-hydrogen) atoms. The van der Waals surface area contributed by atoms with Crippen LogP contribution < -0.4 is 0 Å². The van der Waals surface area contributed by atoms with Crippen molar-refractivity contribution in [3.8, 4) is 0 Å². The zero-order chi connectivity index (χ0) is 7.56. The average molecular weight is 139 g/mol. The highest BCUT2D eigenvalue weighted by Crippen LogP contribution is 2.21. The minimum absolute atomic E-state index is 0.743. The molecule has 0 aromatic heterocycles. The van der Waals surface area contributed by atoms with Crippen molar-refractivity contribution in [1.82, 2.24) is 4.90 Å². The summed E-state index contributed by atoms with van der Waals surface area (Å²) in [4.78, 5) is 2.43. The SMILES string of the molecule is C=C(CC)N1CCC[C@@H]1C. The fraction of sp³-hybridized carbons (Fsp3) is 0.778. The molecule has 1 heteroatoms. The van der Waals surface area contributed by atoms with Crippen molar-refractivity contribution < 1.29 is 0 Å². The van der Waals surface area contributed by atoms with E-state index in [1.54, 1.807) is 0 Å². The predicted molar refractivity (Wildman–Crippen MR) is 44.8 cm³/mol. The van der Waals surface area contributed by atoms with E-state index < -0.39 is 0 Å². The highest BCUT2D eigenvalue weighted by molar-refractivity contribution is 4.97. The third kappa shape index (κ3) is 1.34. The van der Waals surface area contributed by atoms with Gasteiger partial charge in [0.15, 0.2) is 0 Å². The van der Waals surface area contributed by atoms with Crippen LogP contribution in [-0.2, 0) is 0 Å². The molecule has 0 aromatic carbocycles. The Bertz CT molecular complexity index is 129. The minimum atomic E-state index is 0.743. The second-order valence-electron chi connectivity index (χ2n) is 3.10. The molecule has 0 N–H and O–H groups in total. The third-order valence-corrected chi connectivity index (χ3v) is 2.37. The summed E-state index contributed by atoms with van der Waals surface area (Å²) in [6.45, 7) is 9.72. The van der Waals surface area contributed by atoms with E-state index in [0.29, 0.717) is 0 Å². The van der Waals surface area contributed by atoms with Gasteiger partial charge in [0.2, 0.25) is 0 Å². The van der Waals surface area contributed by atoms with Gasteiger partial charge >= 0.3 is 0 Å². The molecule has 58 valence electrons. The van der Waals surface area contributed by atoms with Crippen LogP contribution in [0.5, 0.6) is 0 Å². The molecule has 1 atom stereocenters. The van der Waals surface area contributed by atoms with Crippen LogP contribution >= 0.6 is 0 Å². The third-order valence-electron chi connectivity index (χ3n) is 2.37. The van der Waals surface area contributed by atoms with Gasteiger partial charge in [0.1, 0.15) is 0 Å². The Balaban J connectivity index is 2.46. The van der Waals surface area contributed by atoms with Gasteiger partial charge < -0.3 is 4.90 Å². The van der Waals surface area contributed by atoms with E-state index in [0.717, 1.165) is 12.5 Å². The molecule has 1 rings (SSSR count). The highest BCUT2D eigenvalue weighted by atomic mass is 15.2.